The number of carbonyl (C=O) groups is 1. The normalized spacial score (nSPS) is 38.5. The first-order valence-corrected chi connectivity index (χ1v) is 3.34. The topological polar surface area (TPSA) is 49.3 Å². The van der Waals surface area contributed by atoms with Crippen LogP contribution in [0.1, 0.15) is 6.42 Å². The van der Waals surface area contributed by atoms with Gasteiger partial charge in [-0.25, -0.2) is 13.6 Å². The molecule has 1 fully saturated rings. The van der Waals surface area contributed by atoms with E-state index in [1.165, 1.54) is 0 Å². The standard InChI is InChI=1S/C6H9F2NO2/c7-4-3-9-2-1-6(4,8)5(10)11/h4,9H,1-3H2,(H,10,11). The number of aliphatic carboxylic acids is 1. The molecule has 11 heavy (non-hydrogen) atoms. The lowest BCUT2D eigenvalue weighted by atomic mass is 9.93. The van der Waals surface area contributed by atoms with Crippen LogP contribution < -0.4 is 5.32 Å². The van der Waals surface area contributed by atoms with Gasteiger partial charge < -0.3 is 10.4 Å². The summed E-state index contributed by atoms with van der Waals surface area (Å²) in [4.78, 5) is 10.2. The zero-order chi connectivity index (χ0) is 8.48. The third-order valence-electron chi connectivity index (χ3n) is 1.84. The van der Waals surface area contributed by atoms with Crippen LogP contribution in [0.5, 0.6) is 0 Å². The van der Waals surface area contributed by atoms with Crippen LogP contribution in [-0.4, -0.2) is 36.0 Å². The number of carboxylic acid groups (broad SMARTS) is 1. The fraction of sp³-hybridized carbons (Fsp3) is 0.833. The molecule has 64 valence electrons. The summed E-state index contributed by atoms with van der Waals surface area (Å²) in [6.07, 6.45) is -2.24. The molecule has 2 atom stereocenters. The Balaban J connectivity index is 2.72. The van der Waals surface area contributed by atoms with E-state index < -0.39 is 17.8 Å². The van der Waals surface area contributed by atoms with Crippen molar-refractivity contribution in [3.8, 4) is 0 Å². The zero-order valence-electron chi connectivity index (χ0n) is 5.81. The second-order valence-corrected chi connectivity index (χ2v) is 2.59. The van der Waals surface area contributed by atoms with Crippen molar-refractivity contribution in [1.82, 2.24) is 5.32 Å². The summed E-state index contributed by atoms with van der Waals surface area (Å²) in [7, 11) is 0. The van der Waals surface area contributed by atoms with Crippen molar-refractivity contribution in [2.45, 2.75) is 18.3 Å². The van der Waals surface area contributed by atoms with Crippen LogP contribution in [0.4, 0.5) is 8.78 Å². The van der Waals surface area contributed by atoms with Crippen LogP contribution in [-0.2, 0) is 4.79 Å². The molecule has 0 radical (unpaired) electrons. The lowest BCUT2D eigenvalue weighted by Crippen LogP contribution is -2.53. The highest BCUT2D eigenvalue weighted by atomic mass is 19.2. The van der Waals surface area contributed by atoms with Crippen molar-refractivity contribution in [3.05, 3.63) is 0 Å². The van der Waals surface area contributed by atoms with Gasteiger partial charge in [0.15, 0.2) is 6.17 Å². The summed E-state index contributed by atoms with van der Waals surface area (Å²) in [6.45, 7) is -0.00792. The number of hydrogen-bond acceptors (Lipinski definition) is 2. The quantitative estimate of drug-likeness (QED) is 0.579. The highest BCUT2D eigenvalue weighted by Crippen LogP contribution is 2.26. The molecule has 0 aromatic carbocycles. The number of carboxylic acids is 1. The van der Waals surface area contributed by atoms with Crippen LogP contribution in [0.3, 0.4) is 0 Å². The maximum Gasteiger partial charge on any atom is 0.344 e. The lowest BCUT2D eigenvalue weighted by Gasteiger charge is -2.29. The minimum Gasteiger partial charge on any atom is -0.479 e. The molecule has 0 saturated carbocycles. The molecule has 1 heterocycles. The first kappa shape index (κ1) is 8.39. The molecule has 2 N–H and O–H groups in total. The minimum atomic E-state index is -2.68. The Bertz CT molecular complexity index is 176. The summed E-state index contributed by atoms with van der Waals surface area (Å²) in [5.41, 5.74) is -2.68. The Labute approximate surface area is 62.4 Å². The van der Waals surface area contributed by atoms with E-state index in [2.05, 4.69) is 5.32 Å². The van der Waals surface area contributed by atoms with Gasteiger partial charge in [0.05, 0.1) is 0 Å². The minimum absolute atomic E-state index is 0.212. The summed E-state index contributed by atoms with van der Waals surface area (Å²) < 4.78 is 25.7. The third-order valence-corrected chi connectivity index (χ3v) is 1.84. The third kappa shape index (κ3) is 1.33. The molecule has 0 spiro atoms. The van der Waals surface area contributed by atoms with E-state index in [-0.39, 0.29) is 19.5 Å². The van der Waals surface area contributed by atoms with Crippen molar-refractivity contribution in [2.24, 2.45) is 0 Å². The number of alkyl halides is 2. The Morgan fingerprint density at radius 3 is 2.73 bits per heavy atom. The van der Waals surface area contributed by atoms with Gasteiger partial charge in [-0.1, -0.05) is 0 Å². The fourth-order valence-electron chi connectivity index (χ4n) is 1.06. The van der Waals surface area contributed by atoms with Crippen LogP contribution in [0.15, 0.2) is 0 Å². The van der Waals surface area contributed by atoms with Crippen LogP contribution in [0.2, 0.25) is 0 Å². The van der Waals surface area contributed by atoms with E-state index >= 15 is 0 Å². The number of halogens is 2. The highest BCUT2D eigenvalue weighted by molar-refractivity contribution is 5.78. The Kier molecular flexibility index (Phi) is 2.08. The van der Waals surface area contributed by atoms with E-state index in [0.717, 1.165) is 0 Å². The predicted octanol–water partition coefficient (Wildman–Crippen LogP) is 0.111. The van der Waals surface area contributed by atoms with Gasteiger partial charge in [0.1, 0.15) is 0 Å². The van der Waals surface area contributed by atoms with E-state index in [4.69, 9.17) is 5.11 Å². The fourth-order valence-corrected chi connectivity index (χ4v) is 1.06. The van der Waals surface area contributed by atoms with E-state index in [1.807, 2.05) is 0 Å². The van der Waals surface area contributed by atoms with Crippen molar-refractivity contribution in [3.63, 3.8) is 0 Å². The molecule has 3 nitrogen and oxygen atoms in total. The first-order chi connectivity index (χ1) is 5.07. The molecule has 0 amide bonds. The van der Waals surface area contributed by atoms with Gasteiger partial charge in [-0.05, 0) is 6.54 Å². The van der Waals surface area contributed by atoms with Crippen LogP contribution in [0, 0.1) is 0 Å². The molecule has 1 aliphatic heterocycles. The first-order valence-electron chi connectivity index (χ1n) is 3.34. The molecule has 0 bridgehead atoms. The van der Waals surface area contributed by atoms with Crippen molar-refractivity contribution in [1.29, 1.82) is 0 Å². The summed E-state index contributed by atoms with van der Waals surface area (Å²) in [6, 6.07) is 0. The second kappa shape index (κ2) is 2.73. The Morgan fingerprint density at radius 1 is 1.73 bits per heavy atom. The molecule has 0 aromatic heterocycles. The summed E-state index contributed by atoms with van der Waals surface area (Å²) in [5, 5.41) is 10.9. The van der Waals surface area contributed by atoms with Crippen molar-refractivity contribution >= 4 is 5.97 Å². The maximum absolute atomic E-state index is 13.1. The van der Waals surface area contributed by atoms with Gasteiger partial charge in [0, 0.05) is 13.0 Å². The molecule has 0 aliphatic carbocycles. The van der Waals surface area contributed by atoms with Gasteiger partial charge in [-0.3, -0.25) is 0 Å². The lowest BCUT2D eigenvalue weighted by molar-refractivity contribution is -0.157. The van der Waals surface area contributed by atoms with Crippen molar-refractivity contribution < 1.29 is 18.7 Å². The summed E-state index contributed by atoms with van der Waals surface area (Å²) in [5.74, 6) is -1.70. The van der Waals surface area contributed by atoms with E-state index in [1.54, 1.807) is 0 Å². The highest BCUT2D eigenvalue weighted by Gasteiger charge is 2.48. The maximum atomic E-state index is 13.1. The predicted molar refractivity (Wildman–Crippen MR) is 33.9 cm³/mol. The molecule has 1 rings (SSSR count). The molecule has 1 aliphatic rings. The number of hydrogen-bond donors (Lipinski definition) is 2. The molecular weight excluding hydrogens is 156 g/mol. The molecule has 0 aromatic rings. The monoisotopic (exact) mass is 165 g/mol. The van der Waals surface area contributed by atoms with Crippen LogP contribution in [0.25, 0.3) is 0 Å². The van der Waals surface area contributed by atoms with Gasteiger partial charge >= 0.3 is 5.97 Å². The summed E-state index contributed by atoms with van der Waals surface area (Å²) >= 11 is 0. The molecular formula is C6H9F2NO2. The number of rotatable bonds is 1. The number of nitrogens with one attached hydrogen (secondary N) is 1. The zero-order valence-corrected chi connectivity index (χ0v) is 5.81. The average Bonchev–Trinajstić information content (AvgIpc) is 1.95. The molecule has 5 heteroatoms. The average molecular weight is 165 g/mol. The Morgan fingerprint density at radius 2 is 2.36 bits per heavy atom. The van der Waals surface area contributed by atoms with Gasteiger partial charge in [-0.2, -0.15) is 0 Å². The second-order valence-electron chi connectivity index (χ2n) is 2.59. The van der Waals surface area contributed by atoms with E-state index in [0.29, 0.717) is 0 Å². The van der Waals surface area contributed by atoms with Gasteiger partial charge in [-0.15, -0.1) is 0 Å². The van der Waals surface area contributed by atoms with Crippen LogP contribution >= 0.6 is 0 Å². The Hall–Kier alpha value is -0.710. The van der Waals surface area contributed by atoms with E-state index in [9.17, 15) is 13.6 Å². The number of piperidine rings is 1. The molecule has 1 saturated heterocycles. The largest absolute Gasteiger partial charge is 0.479 e. The van der Waals surface area contributed by atoms with Crippen molar-refractivity contribution in [2.75, 3.05) is 13.1 Å². The van der Waals surface area contributed by atoms with Gasteiger partial charge in [0.2, 0.25) is 5.67 Å². The molecule has 2 unspecified atom stereocenters. The SMILES string of the molecule is O=C(O)C1(F)CCNCC1F. The van der Waals surface area contributed by atoms with Gasteiger partial charge in [0.25, 0.3) is 0 Å². The smallest absolute Gasteiger partial charge is 0.344 e.